The summed E-state index contributed by atoms with van der Waals surface area (Å²) in [5.74, 6) is 4.14. The summed E-state index contributed by atoms with van der Waals surface area (Å²) in [5.41, 5.74) is 4.60. The Bertz CT molecular complexity index is 3490. The van der Waals surface area contributed by atoms with E-state index in [1.165, 1.54) is 85.9 Å². The number of hydrogen-bond donors (Lipinski definition) is 0. The van der Waals surface area contributed by atoms with Gasteiger partial charge in [0.15, 0.2) is 23.0 Å². The molecule has 0 saturated carbocycles. The summed E-state index contributed by atoms with van der Waals surface area (Å²) in [6.07, 6.45) is 0. The molecule has 12 aromatic carbocycles. The summed E-state index contributed by atoms with van der Waals surface area (Å²) in [6.45, 7) is 9.43. The largest absolute Gasteiger partial charge is 0.448 e. The van der Waals surface area contributed by atoms with Crippen LogP contribution >= 0.6 is 31.7 Å². The Morgan fingerprint density at radius 1 is 0.200 bits per heavy atom. The Morgan fingerprint density at radius 3 is 0.506 bits per heavy atom. The quantitative estimate of drug-likeness (QED) is 0.0897. The Hall–Kier alpha value is -7.38. The van der Waals surface area contributed by atoms with Crippen molar-refractivity contribution in [1.29, 1.82) is 0 Å². The molecule has 2 aliphatic heterocycles. The van der Waals surface area contributed by atoms with Gasteiger partial charge in [-0.15, -0.1) is 0 Å². The molecule has 2 heterocycles. The van der Waals surface area contributed by atoms with Crippen LogP contribution in [-0.4, -0.2) is 0 Å². The number of hydrogen-bond acceptors (Lipinski definition) is 2. The Morgan fingerprint density at radius 2 is 0.353 bits per heavy atom. The zero-order chi connectivity index (χ0) is 57.0. The molecule has 14 rings (SSSR count). The van der Waals surface area contributed by atoms with Gasteiger partial charge >= 0.3 is 0 Å². The van der Waals surface area contributed by atoms with Crippen LogP contribution in [-0.2, 0) is 31.3 Å². The van der Waals surface area contributed by atoms with E-state index < -0.39 is 31.7 Å². The third-order valence-electron chi connectivity index (χ3n) is 16.7. The molecule has 0 aromatic heterocycles. The van der Waals surface area contributed by atoms with E-state index in [9.17, 15) is 0 Å². The van der Waals surface area contributed by atoms with Gasteiger partial charge in [0.2, 0.25) is 0 Å². The molecule has 0 saturated heterocycles. The van der Waals surface area contributed by atoms with Crippen molar-refractivity contribution in [3.05, 3.63) is 338 Å². The fourth-order valence-corrected chi connectivity index (χ4v) is 23.3. The van der Waals surface area contributed by atoms with Crippen molar-refractivity contribution in [3.8, 4) is 23.0 Å². The van der Waals surface area contributed by atoms with Crippen LogP contribution in [0.3, 0.4) is 0 Å². The van der Waals surface area contributed by atoms with Gasteiger partial charge in [-0.1, -0.05) is 222 Å². The van der Waals surface area contributed by atoms with Crippen LogP contribution in [0.1, 0.15) is 49.9 Å². The minimum absolute atomic E-state index is 0. The second kappa shape index (κ2) is 25.7. The Balaban J connectivity index is 0.000000165. The van der Waals surface area contributed by atoms with Crippen LogP contribution in [0.4, 0.5) is 0 Å². The van der Waals surface area contributed by atoms with Gasteiger partial charge in [-0.2, -0.15) is 0 Å². The second-order valence-corrected chi connectivity index (χ2v) is 32.4. The van der Waals surface area contributed by atoms with Gasteiger partial charge in [-0.05, 0) is 121 Å². The van der Waals surface area contributed by atoms with E-state index in [0.29, 0.717) is 0 Å². The van der Waals surface area contributed by atoms with Gasteiger partial charge in [0, 0.05) is 53.5 Å². The van der Waals surface area contributed by atoms with Gasteiger partial charge in [0.05, 0.1) is 0 Å². The molecule has 2 nitrogen and oxygen atoms in total. The molecule has 418 valence electrons. The minimum Gasteiger partial charge on any atom is -0.448 e. The Labute approximate surface area is 520 Å². The number of para-hydroxylation sites is 4. The second-order valence-electron chi connectivity index (χ2n) is 22.6. The van der Waals surface area contributed by atoms with Crippen LogP contribution in [0.15, 0.2) is 315 Å². The van der Waals surface area contributed by atoms with Crippen molar-refractivity contribution in [3.63, 3.8) is 0 Å². The molecule has 7 heteroatoms. The third-order valence-corrected chi connectivity index (χ3v) is 27.8. The maximum absolute atomic E-state index is 7.27. The van der Waals surface area contributed by atoms with Crippen molar-refractivity contribution < 1.29 is 29.9 Å². The molecule has 0 radical (unpaired) electrons. The van der Waals surface area contributed by atoms with Crippen molar-refractivity contribution >= 4 is 95.3 Å². The number of rotatable bonds is 12. The predicted molar refractivity (Wildman–Crippen MR) is 371 cm³/mol. The zero-order valence-corrected chi connectivity index (χ0v) is 53.7. The molecule has 0 unspecified atom stereocenters. The van der Waals surface area contributed by atoms with E-state index in [4.69, 9.17) is 9.47 Å². The Kier molecular flexibility index (Phi) is 17.5. The summed E-state index contributed by atoms with van der Waals surface area (Å²) < 4.78 is 14.5. The first kappa shape index (κ1) is 58.0. The summed E-state index contributed by atoms with van der Waals surface area (Å²) in [7, 11) is -5.29. The molecule has 85 heavy (non-hydrogen) atoms. The first-order chi connectivity index (χ1) is 41.3. The standard InChI is InChI=1S/2C39H32OP2.Pd/c2*1-39(2)33-25-15-27-35(41(29-17-7-3-8-18-29)30-19-9-4-10-20-30)37(33)40-38-34(39)26-16-28-36(38)42(31-21-11-5-12-22-31)32-23-13-6-14-24-32;/h2*3-28H,1-2H3;/p+4. The van der Waals surface area contributed by atoms with E-state index in [1.54, 1.807) is 0 Å². The monoisotopic (exact) mass is 1270 g/mol. The van der Waals surface area contributed by atoms with Crippen LogP contribution in [0.25, 0.3) is 0 Å². The van der Waals surface area contributed by atoms with E-state index in [-0.39, 0.29) is 31.3 Å². The average molecular weight is 1270 g/mol. The van der Waals surface area contributed by atoms with Gasteiger partial charge in [0.1, 0.15) is 95.3 Å². The summed E-state index contributed by atoms with van der Waals surface area (Å²) in [5, 5.41) is 16.1. The van der Waals surface area contributed by atoms with Crippen LogP contribution in [0.2, 0.25) is 0 Å². The van der Waals surface area contributed by atoms with E-state index in [2.05, 4.69) is 343 Å². The number of fused-ring (bicyclic) bond motifs is 4. The van der Waals surface area contributed by atoms with Gasteiger partial charge in [-0.25, -0.2) is 0 Å². The first-order valence-corrected chi connectivity index (χ1v) is 35.1. The van der Waals surface area contributed by atoms with Gasteiger partial charge < -0.3 is 9.47 Å². The number of ether oxygens (including phenoxy) is 2. The SMILES string of the molecule is CC1(C)c2cccc([PH+](c3ccccc3)c3ccccc3)c2Oc2c([PH+](c3ccccc3)c3ccccc3)cccc21.CC1(C)c2cccc([PH+](c3ccccc3)c3ccccc3)c2Oc2c([PH+](c3ccccc3)c3ccccc3)cccc21.[Pd]. The molecule has 0 amide bonds. The molecule has 0 spiro atoms. The summed E-state index contributed by atoms with van der Waals surface area (Å²) >= 11 is 0. The normalized spacial score (nSPS) is 13.2. The van der Waals surface area contributed by atoms with Crippen molar-refractivity contribution in [2.24, 2.45) is 0 Å². The maximum Gasteiger partial charge on any atom is 0.174 e. The molecule has 0 atom stereocenters. The molecule has 0 N–H and O–H groups in total. The van der Waals surface area contributed by atoms with Crippen molar-refractivity contribution in [2.45, 2.75) is 38.5 Å². The van der Waals surface area contributed by atoms with Crippen LogP contribution in [0.5, 0.6) is 23.0 Å². The summed E-state index contributed by atoms with van der Waals surface area (Å²) in [6, 6.07) is 115. The van der Waals surface area contributed by atoms with E-state index in [0.717, 1.165) is 23.0 Å². The zero-order valence-electron chi connectivity index (χ0n) is 48.2. The van der Waals surface area contributed by atoms with Crippen LogP contribution in [0, 0.1) is 0 Å². The van der Waals surface area contributed by atoms with Gasteiger partial charge in [-0.3, -0.25) is 0 Å². The topological polar surface area (TPSA) is 18.5 Å². The van der Waals surface area contributed by atoms with Crippen molar-refractivity contribution in [1.82, 2.24) is 0 Å². The molecular weight excluding hydrogens is 1200 g/mol. The van der Waals surface area contributed by atoms with Crippen molar-refractivity contribution in [2.75, 3.05) is 0 Å². The predicted octanol–water partition coefficient (Wildman–Crippen LogP) is 14.2. The minimum atomic E-state index is -1.32. The third kappa shape index (κ3) is 11.5. The molecular formula is C78H68O2P4Pd+4. The average Bonchev–Trinajstić information content (AvgIpc) is 1.35. The number of benzene rings is 12. The molecule has 12 aromatic rings. The van der Waals surface area contributed by atoms with Gasteiger partial charge in [0.25, 0.3) is 0 Å². The molecule has 0 aliphatic carbocycles. The first-order valence-electron chi connectivity index (χ1n) is 29.1. The van der Waals surface area contributed by atoms with E-state index in [1.807, 2.05) is 0 Å². The summed E-state index contributed by atoms with van der Waals surface area (Å²) in [4.78, 5) is 0. The van der Waals surface area contributed by atoms with E-state index >= 15 is 0 Å². The van der Waals surface area contributed by atoms with Crippen LogP contribution < -0.4 is 73.1 Å². The fraction of sp³-hybridized carbons (Fsp3) is 0.0769. The fourth-order valence-electron chi connectivity index (χ4n) is 12.6. The maximum atomic E-state index is 7.27. The molecule has 2 aliphatic rings. The molecule has 0 bridgehead atoms. The smallest absolute Gasteiger partial charge is 0.174 e. The molecule has 0 fully saturated rings.